The minimum Gasteiger partial charge on any atom is -0.482 e. The number of nitrogens with zero attached hydrogens (tertiary/aromatic N) is 2. The van der Waals surface area contributed by atoms with E-state index in [4.69, 9.17) is 17.0 Å². The van der Waals surface area contributed by atoms with Gasteiger partial charge in [-0.15, -0.1) is 0 Å². The van der Waals surface area contributed by atoms with Gasteiger partial charge in [0, 0.05) is 11.3 Å². The van der Waals surface area contributed by atoms with Crippen molar-refractivity contribution in [1.82, 2.24) is 14.8 Å². The standard InChI is InChI=1S/C22H19N3OS/c1-16(21-23-24-22(27)25(21)18-12-6-3-7-13-18)26-20-15-9-8-14-19(20)17-10-4-2-5-11-17/h2-16H,1H3,(H,24,27)/t16-/m0/s1. The van der Waals surface area contributed by atoms with Crippen molar-refractivity contribution in [3.63, 3.8) is 0 Å². The third-order valence-electron chi connectivity index (χ3n) is 4.35. The van der Waals surface area contributed by atoms with Gasteiger partial charge in [0.2, 0.25) is 0 Å². The van der Waals surface area contributed by atoms with Gasteiger partial charge < -0.3 is 4.74 Å². The first-order chi connectivity index (χ1) is 13.2. The maximum Gasteiger partial charge on any atom is 0.199 e. The highest BCUT2D eigenvalue weighted by atomic mass is 32.1. The van der Waals surface area contributed by atoms with Crippen LogP contribution in [-0.4, -0.2) is 14.8 Å². The van der Waals surface area contributed by atoms with Crippen LogP contribution in [0.4, 0.5) is 0 Å². The average molecular weight is 373 g/mol. The lowest BCUT2D eigenvalue weighted by atomic mass is 10.0. The van der Waals surface area contributed by atoms with Gasteiger partial charge in [0.05, 0.1) is 0 Å². The molecule has 0 aliphatic heterocycles. The molecule has 1 aromatic heterocycles. The quantitative estimate of drug-likeness (QED) is 0.454. The summed E-state index contributed by atoms with van der Waals surface area (Å²) in [7, 11) is 0. The van der Waals surface area contributed by atoms with Crippen LogP contribution in [0.1, 0.15) is 18.9 Å². The number of rotatable bonds is 5. The third kappa shape index (κ3) is 3.55. The second kappa shape index (κ2) is 7.60. The van der Waals surface area contributed by atoms with Crippen LogP contribution in [0.25, 0.3) is 16.8 Å². The SMILES string of the molecule is C[C@H](Oc1ccccc1-c1ccccc1)c1n[nH]c(=S)n1-c1ccccc1. The number of aromatic nitrogens is 3. The lowest BCUT2D eigenvalue weighted by Crippen LogP contribution is -2.11. The number of ether oxygens (including phenoxy) is 1. The molecule has 1 heterocycles. The first kappa shape index (κ1) is 17.2. The first-order valence-corrected chi connectivity index (χ1v) is 9.18. The summed E-state index contributed by atoms with van der Waals surface area (Å²) in [6.45, 7) is 1.98. The van der Waals surface area contributed by atoms with Gasteiger partial charge in [0.15, 0.2) is 16.7 Å². The third-order valence-corrected chi connectivity index (χ3v) is 4.63. The molecule has 0 bridgehead atoms. The summed E-state index contributed by atoms with van der Waals surface area (Å²) >= 11 is 5.43. The predicted molar refractivity (Wildman–Crippen MR) is 110 cm³/mol. The molecule has 0 radical (unpaired) electrons. The number of hydrogen-bond donors (Lipinski definition) is 1. The van der Waals surface area contributed by atoms with Gasteiger partial charge in [-0.1, -0.05) is 66.7 Å². The first-order valence-electron chi connectivity index (χ1n) is 8.78. The van der Waals surface area contributed by atoms with Gasteiger partial charge in [0.25, 0.3) is 0 Å². The lowest BCUT2D eigenvalue weighted by Gasteiger charge is -2.18. The van der Waals surface area contributed by atoms with E-state index in [1.165, 1.54) is 0 Å². The molecule has 0 aliphatic rings. The molecule has 0 amide bonds. The van der Waals surface area contributed by atoms with Gasteiger partial charge in [0.1, 0.15) is 5.75 Å². The monoisotopic (exact) mass is 373 g/mol. The molecule has 0 saturated carbocycles. The van der Waals surface area contributed by atoms with E-state index >= 15 is 0 Å². The van der Waals surface area contributed by atoms with E-state index in [2.05, 4.69) is 28.4 Å². The van der Waals surface area contributed by atoms with Crippen LogP contribution < -0.4 is 4.74 Å². The Morgan fingerprint density at radius 2 is 1.52 bits per heavy atom. The molecule has 3 aromatic carbocycles. The second-order valence-corrected chi connectivity index (χ2v) is 6.57. The number of para-hydroxylation sites is 2. The molecule has 0 aliphatic carbocycles. The number of nitrogens with one attached hydrogen (secondary N) is 1. The Kier molecular flexibility index (Phi) is 4.85. The number of benzene rings is 3. The summed E-state index contributed by atoms with van der Waals surface area (Å²) in [5.41, 5.74) is 3.12. The zero-order chi connectivity index (χ0) is 18.6. The van der Waals surface area contributed by atoms with Gasteiger partial charge >= 0.3 is 0 Å². The van der Waals surface area contributed by atoms with Crippen LogP contribution >= 0.6 is 12.2 Å². The molecule has 1 atom stereocenters. The van der Waals surface area contributed by atoms with Crippen LogP contribution in [-0.2, 0) is 0 Å². The normalized spacial score (nSPS) is 11.9. The van der Waals surface area contributed by atoms with Gasteiger partial charge in [-0.05, 0) is 42.9 Å². The van der Waals surface area contributed by atoms with Crippen LogP contribution in [0, 0.1) is 4.77 Å². The summed E-state index contributed by atoms with van der Waals surface area (Å²) in [5, 5.41) is 7.30. The smallest absolute Gasteiger partial charge is 0.199 e. The van der Waals surface area contributed by atoms with E-state index in [0.717, 1.165) is 28.4 Å². The molecule has 1 N–H and O–H groups in total. The summed E-state index contributed by atoms with van der Waals surface area (Å²) in [6.07, 6.45) is -0.289. The van der Waals surface area contributed by atoms with Crippen LogP contribution in [0.15, 0.2) is 84.9 Å². The number of aromatic amines is 1. The highest BCUT2D eigenvalue weighted by molar-refractivity contribution is 7.71. The van der Waals surface area contributed by atoms with Crippen molar-refractivity contribution in [2.75, 3.05) is 0 Å². The minimum absolute atomic E-state index is 0.289. The van der Waals surface area contributed by atoms with Crippen LogP contribution in [0.3, 0.4) is 0 Å². The zero-order valence-corrected chi connectivity index (χ0v) is 15.7. The van der Waals surface area contributed by atoms with E-state index in [-0.39, 0.29) is 6.10 Å². The van der Waals surface area contributed by atoms with Crippen molar-refractivity contribution < 1.29 is 4.74 Å². The van der Waals surface area contributed by atoms with E-state index in [0.29, 0.717) is 4.77 Å². The Morgan fingerprint density at radius 1 is 0.889 bits per heavy atom. The fraction of sp³-hybridized carbons (Fsp3) is 0.0909. The second-order valence-electron chi connectivity index (χ2n) is 6.18. The molecule has 0 spiro atoms. The van der Waals surface area contributed by atoms with Crippen molar-refractivity contribution in [2.24, 2.45) is 0 Å². The molecule has 5 heteroatoms. The number of H-pyrrole nitrogens is 1. The number of hydrogen-bond acceptors (Lipinski definition) is 3. The molecule has 0 fully saturated rings. The van der Waals surface area contributed by atoms with Crippen LogP contribution in [0.2, 0.25) is 0 Å². The summed E-state index contributed by atoms with van der Waals surface area (Å²) in [4.78, 5) is 0. The largest absolute Gasteiger partial charge is 0.482 e. The highest BCUT2D eigenvalue weighted by Gasteiger charge is 2.18. The minimum atomic E-state index is -0.289. The Balaban J connectivity index is 1.69. The Morgan fingerprint density at radius 3 is 2.26 bits per heavy atom. The van der Waals surface area contributed by atoms with Crippen molar-refractivity contribution >= 4 is 12.2 Å². The Bertz CT molecular complexity index is 1090. The molecule has 27 heavy (non-hydrogen) atoms. The van der Waals surface area contributed by atoms with Crippen molar-refractivity contribution in [2.45, 2.75) is 13.0 Å². The molecule has 134 valence electrons. The maximum absolute atomic E-state index is 6.31. The van der Waals surface area contributed by atoms with E-state index < -0.39 is 0 Å². The molecule has 0 saturated heterocycles. The van der Waals surface area contributed by atoms with E-state index in [1.807, 2.05) is 78.2 Å². The highest BCUT2D eigenvalue weighted by Crippen LogP contribution is 2.32. The van der Waals surface area contributed by atoms with Crippen molar-refractivity contribution in [1.29, 1.82) is 0 Å². The lowest BCUT2D eigenvalue weighted by molar-refractivity contribution is 0.215. The Hall–Kier alpha value is -3.18. The van der Waals surface area contributed by atoms with E-state index in [9.17, 15) is 0 Å². The maximum atomic E-state index is 6.31. The van der Waals surface area contributed by atoms with E-state index in [1.54, 1.807) is 0 Å². The molecular weight excluding hydrogens is 354 g/mol. The summed E-state index contributed by atoms with van der Waals surface area (Å²) in [5.74, 6) is 1.54. The van der Waals surface area contributed by atoms with Gasteiger partial charge in [-0.3, -0.25) is 9.67 Å². The predicted octanol–water partition coefficient (Wildman–Crippen LogP) is 5.74. The summed E-state index contributed by atoms with van der Waals surface area (Å²) < 4.78 is 8.76. The van der Waals surface area contributed by atoms with Gasteiger partial charge in [-0.2, -0.15) is 5.10 Å². The molecule has 4 rings (SSSR count). The van der Waals surface area contributed by atoms with Crippen molar-refractivity contribution in [3.05, 3.63) is 95.5 Å². The molecule has 4 aromatic rings. The fourth-order valence-corrected chi connectivity index (χ4v) is 3.32. The molecule has 4 nitrogen and oxygen atoms in total. The topological polar surface area (TPSA) is 42.8 Å². The summed E-state index contributed by atoms with van der Waals surface area (Å²) in [6, 6.07) is 28.2. The molecular formula is C22H19N3OS. The molecule has 0 unspecified atom stereocenters. The van der Waals surface area contributed by atoms with Gasteiger partial charge in [-0.25, -0.2) is 0 Å². The fourth-order valence-electron chi connectivity index (χ4n) is 3.08. The van der Waals surface area contributed by atoms with Crippen LogP contribution in [0.5, 0.6) is 5.75 Å². The Labute approximate surface area is 163 Å². The average Bonchev–Trinajstić information content (AvgIpc) is 3.11. The zero-order valence-electron chi connectivity index (χ0n) is 14.9. The van der Waals surface area contributed by atoms with Crippen molar-refractivity contribution in [3.8, 4) is 22.6 Å².